The van der Waals surface area contributed by atoms with Crippen molar-refractivity contribution in [2.45, 2.75) is 19.1 Å². The van der Waals surface area contributed by atoms with E-state index in [1.807, 2.05) is 29.6 Å². The van der Waals surface area contributed by atoms with Gasteiger partial charge < -0.3 is 5.32 Å². The Kier molecular flexibility index (Phi) is 5.86. The van der Waals surface area contributed by atoms with E-state index in [4.69, 9.17) is 0 Å². The molecule has 2 rings (SSSR count). The van der Waals surface area contributed by atoms with Crippen molar-refractivity contribution in [2.24, 2.45) is 0 Å². The average Bonchev–Trinajstić information content (AvgIpc) is 2.85. The zero-order chi connectivity index (χ0) is 14.5. The molecule has 0 bridgehead atoms. The number of hydrogen-bond donors (Lipinski definition) is 1. The van der Waals surface area contributed by atoms with Crippen molar-refractivity contribution in [3.05, 3.63) is 33.2 Å². The third-order valence-electron chi connectivity index (χ3n) is 2.44. The van der Waals surface area contributed by atoms with Crippen molar-refractivity contribution in [1.29, 1.82) is 0 Å². The first-order valence-electron chi connectivity index (χ1n) is 6.17. The molecule has 0 saturated heterocycles. The number of thioether (sulfide) groups is 1. The molecule has 0 atom stereocenters. The number of anilines is 1. The average molecular weight is 418 g/mol. The maximum Gasteiger partial charge on any atom is 0.236 e. The Labute approximate surface area is 140 Å². The molecule has 0 spiro atoms. The van der Waals surface area contributed by atoms with Gasteiger partial charge in [0.2, 0.25) is 5.91 Å². The highest BCUT2D eigenvalue weighted by Gasteiger charge is 2.08. The monoisotopic (exact) mass is 418 g/mol. The summed E-state index contributed by atoms with van der Waals surface area (Å²) < 4.78 is 1.20. The lowest BCUT2D eigenvalue weighted by Crippen LogP contribution is -2.15. The second kappa shape index (κ2) is 7.42. The summed E-state index contributed by atoms with van der Waals surface area (Å²) in [6, 6.07) is 8.17. The van der Waals surface area contributed by atoms with Crippen LogP contribution in [-0.2, 0) is 4.79 Å². The topological polar surface area (TPSA) is 42.0 Å². The SMILES string of the molecule is CC(C)SCC(=O)Nc1nc(-c2ccc(I)cc2)cs1. The molecule has 0 aliphatic carbocycles. The van der Waals surface area contributed by atoms with Gasteiger partial charge in [0.05, 0.1) is 11.4 Å². The normalized spacial score (nSPS) is 10.8. The quantitative estimate of drug-likeness (QED) is 0.728. The molecule has 1 amide bonds. The van der Waals surface area contributed by atoms with E-state index in [0.717, 1.165) is 11.3 Å². The molecule has 106 valence electrons. The summed E-state index contributed by atoms with van der Waals surface area (Å²) in [5, 5.41) is 5.93. The molecule has 0 saturated carbocycles. The van der Waals surface area contributed by atoms with E-state index in [1.165, 1.54) is 14.9 Å². The Balaban J connectivity index is 1.98. The van der Waals surface area contributed by atoms with Crippen LogP contribution >= 0.6 is 45.7 Å². The van der Waals surface area contributed by atoms with Gasteiger partial charge in [-0.05, 0) is 40.0 Å². The largest absolute Gasteiger partial charge is 0.301 e. The summed E-state index contributed by atoms with van der Waals surface area (Å²) in [6.45, 7) is 4.16. The van der Waals surface area contributed by atoms with E-state index in [-0.39, 0.29) is 5.91 Å². The second-order valence-corrected chi connectivity index (χ2v) is 8.12. The Bertz CT molecular complexity index is 581. The number of halogens is 1. The molecule has 1 N–H and O–H groups in total. The molecule has 6 heteroatoms. The van der Waals surface area contributed by atoms with Crippen molar-refractivity contribution < 1.29 is 4.79 Å². The molecular weight excluding hydrogens is 403 g/mol. The highest BCUT2D eigenvalue weighted by atomic mass is 127. The Hall–Kier alpha value is -0.600. The van der Waals surface area contributed by atoms with Gasteiger partial charge in [-0.1, -0.05) is 26.0 Å². The number of amides is 1. The zero-order valence-electron chi connectivity index (χ0n) is 11.2. The van der Waals surface area contributed by atoms with Gasteiger partial charge in [0, 0.05) is 14.5 Å². The number of nitrogens with zero attached hydrogens (tertiary/aromatic N) is 1. The third kappa shape index (κ3) is 4.75. The van der Waals surface area contributed by atoms with Gasteiger partial charge >= 0.3 is 0 Å². The standard InChI is InChI=1S/C14H15IN2OS2/c1-9(2)19-8-13(18)17-14-16-12(7-20-14)10-3-5-11(15)6-4-10/h3-7,9H,8H2,1-2H3,(H,16,17,18). The van der Waals surface area contributed by atoms with Crippen LogP contribution in [0.1, 0.15) is 13.8 Å². The van der Waals surface area contributed by atoms with Crippen LogP contribution in [0.5, 0.6) is 0 Å². The first-order valence-corrected chi connectivity index (χ1v) is 9.18. The molecule has 0 aliphatic rings. The van der Waals surface area contributed by atoms with Crippen LogP contribution in [0.3, 0.4) is 0 Å². The molecular formula is C14H15IN2OS2. The summed E-state index contributed by atoms with van der Waals surface area (Å²) in [5.41, 5.74) is 1.97. The van der Waals surface area contributed by atoms with Gasteiger partial charge in [-0.2, -0.15) is 0 Å². The summed E-state index contributed by atoms with van der Waals surface area (Å²) in [7, 11) is 0. The van der Waals surface area contributed by atoms with Gasteiger partial charge in [-0.25, -0.2) is 4.98 Å². The smallest absolute Gasteiger partial charge is 0.236 e. The highest BCUT2D eigenvalue weighted by Crippen LogP contribution is 2.25. The van der Waals surface area contributed by atoms with Gasteiger partial charge in [0.1, 0.15) is 0 Å². The van der Waals surface area contributed by atoms with Gasteiger partial charge in [0.25, 0.3) is 0 Å². The van der Waals surface area contributed by atoms with Crippen molar-refractivity contribution in [1.82, 2.24) is 4.98 Å². The Morgan fingerprint density at radius 2 is 2.10 bits per heavy atom. The lowest BCUT2D eigenvalue weighted by Gasteiger charge is -2.04. The molecule has 1 aromatic heterocycles. The number of thiazole rings is 1. The molecule has 20 heavy (non-hydrogen) atoms. The maximum atomic E-state index is 11.7. The van der Waals surface area contributed by atoms with Crippen molar-refractivity contribution in [3.8, 4) is 11.3 Å². The number of rotatable bonds is 5. The number of carbonyl (C=O) groups excluding carboxylic acids is 1. The molecule has 1 aromatic carbocycles. The van der Waals surface area contributed by atoms with E-state index in [2.05, 4.69) is 46.7 Å². The minimum absolute atomic E-state index is 0.00668. The van der Waals surface area contributed by atoms with Crippen LogP contribution in [0, 0.1) is 3.57 Å². The summed E-state index contributed by atoms with van der Waals surface area (Å²) in [5.74, 6) is 0.475. The third-order valence-corrected chi connectivity index (χ3v) is 5.01. The minimum atomic E-state index is 0.00668. The van der Waals surface area contributed by atoms with Crippen LogP contribution in [0.25, 0.3) is 11.3 Å². The van der Waals surface area contributed by atoms with Crippen molar-refractivity contribution in [2.75, 3.05) is 11.1 Å². The summed E-state index contributed by atoms with van der Waals surface area (Å²) >= 11 is 5.36. The molecule has 0 aliphatic heterocycles. The molecule has 0 radical (unpaired) electrons. The fourth-order valence-corrected chi connectivity index (χ4v) is 3.13. The van der Waals surface area contributed by atoms with E-state index in [1.54, 1.807) is 11.8 Å². The van der Waals surface area contributed by atoms with Gasteiger partial charge in [0.15, 0.2) is 5.13 Å². The number of aromatic nitrogens is 1. The van der Waals surface area contributed by atoms with Crippen LogP contribution in [0.4, 0.5) is 5.13 Å². The van der Waals surface area contributed by atoms with Crippen LogP contribution < -0.4 is 5.32 Å². The van der Waals surface area contributed by atoms with E-state index >= 15 is 0 Å². The van der Waals surface area contributed by atoms with Crippen LogP contribution in [-0.4, -0.2) is 21.9 Å². The summed E-state index contributed by atoms with van der Waals surface area (Å²) in [4.78, 5) is 16.2. The highest BCUT2D eigenvalue weighted by molar-refractivity contribution is 14.1. The maximum absolute atomic E-state index is 11.7. The van der Waals surface area contributed by atoms with E-state index in [0.29, 0.717) is 16.1 Å². The summed E-state index contributed by atoms with van der Waals surface area (Å²) in [6.07, 6.45) is 0. The molecule has 2 aromatic rings. The molecule has 3 nitrogen and oxygen atoms in total. The second-order valence-electron chi connectivity index (χ2n) is 4.45. The number of carbonyl (C=O) groups is 1. The van der Waals surface area contributed by atoms with E-state index < -0.39 is 0 Å². The molecule has 0 unspecified atom stereocenters. The molecule has 1 heterocycles. The Morgan fingerprint density at radius 1 is 1.40 bits per heavy atom. The van der Waals surface area contributed by atoms with Crippen LogP contribution in [0.15, 0.2) is 29.6 Å². The fraction of sp³-hybridized carbons (Fsp3) is 0.286. The lowest BCUT2D eigenvalue weighted by atomic mass is 10.2. The number of nitrogens with one attached hydrogen (secondary N) is 1. The predicted octanol–water partition coefficient (Wildman–Crippen LogP) is 4.49. The number of benzene rings is 1. The van der Waals surface area contributed by atoms with Crippen LogP contribution in [0.2, 0.25) is 0 Å². The fourth-order valence-electron chi connectivity index (χ4n) is 1.48. The zero-order valence-corrected chi connectivity index (χ0v) is 15.0. The lowest BCUT2D eigenvalue weighted by molar-refractivity contribution is -0.113. The number of hydrogen-bond acceptors (Lipinski definition) is 4. The van der Waals surface area contributed by atoms with Gasteiger partial charge in [-0.3, -0.25) is 4.79 Å². The first kappa shape index (κ1) is 15.8. The minimum Gasteiger partial charge on any atom is -0.301 e. The van der Waals surface area contributed by atoms with Crippen molar-refractivity contribution in [3.63, 3.8) is 0 Å². The predicted molar refractivity (Wildman–Crippen MR) is 96.5 cm³/mol. The Morgan fingerprint density at radius 3 is 2.75 bits per heavy atom. The van der Waals surface area contributed by atoms with Crippen molar-refractivity contribution >= 4 is 56.7 Å². The van der Waals surface area contributed by atoms with Gasteiger partial charge in [-0.15, -0.1) is 23.1 Å². The first-order chi connectivity index (χ1) is 9.54. The molecule has 0 fully saturated rings. The van der Waals surface area contributed by atoms with E-state index in [9.17, 15) is 4.79 Å².